The topological polar surface area (TPSA) is 141 Å². The molecule has 7 rings (SSSR count). The Morgan fingerprint density at radius 2 is 1.93 bits per heavy atom. The molecule has 2 fully saturated rings. The normalized spacial score (nSPS) is 33.6. The van der Waals surface area contributed by atoms with Gasteiger partial charge in [0.1, 0.15) is 5.82 Å². The Labute approximate surface area is 327 Å². The highest BCUT2D eigenvalue weighted by Crippen LogP contribution is 2.60. The fraction of sp³-hybridized carbons (Fsp3) is 0.622. The van der Waals surface area contributed by atoms with E-state index in [1.54, 1.807) is 6.07 Å². The van der Waals surface area contributed by atoms with Crippen LogP contribution in [0, 0.1) is 29.6 Å². The second-order valence-electron chi connectivity index (χ2n) is 17.1. The molecular weight excluding hydrogens is 693 g/mol. The van der Waals surface area contributed by atoms with Crippen molar-refractivity contribution in [3.8, 4) is 0 Å². The molecule has 6 aliphatic rings. The van der Waals surface area contributed by atoms with Crippen molar-refractivity contribution in [1.82, 2.24) is 21.3 Å². The Balaban J connectivity index is 1.21. The smallest absolute Gasteiger partial charge is 0.350 e. The fourth-order valence-electron chi connectivity index (χ4n) is 10.4. The van der Waals surface area contributed by atoms with E-state index >= 15 is 0 Å². The lowest BCUT2D eigenvalue weighted by Gasteiger charge is -2.45. The van der Waals surface area contributed by atoms with Crippen molar-refractivity contribution in [1.29, 1.82) is 0 Å². The van der Waals surface area contributed by atoms with Gasteiger partial charge in [-0.3, -0.25) is 9.59 Å². The second-order valence-corrected chi connectivity index (χ2v) is 17.1. The molecule has 8 atom stereocenters. The highest BCUT2D eigenvalue weighted by atomic mass is 16.7. The van der Waals surface area contributed by atoms with Gasteiger partial charge in [0.05, 0.1) is 19.9 Å². The zero-order valence-electron chi connectivity index (χ0n) is 33.3. The van der Waals surface area contributed by atoms with Crippen molar-refractivity contribution in [3.63, 3.8) is 0 Å². The number of nitrogens with one attached hydrogen (secondary N) is 4. The summed E-state index contributed by atoms with van der Waals surface area (Å²) >= 11 is 0. The number of benzene rings is 1. The van der Waals surface area contributed by atoms with Gasteiger partial charge in [0.2, 0.25) is 5.78 Å². The predicted molar refractivity (Wildman–Crippen MR) is 213 cm³/mol. The first-order valence-electron chi connectivity index (χ1n) is 21.0. The number of cyclic esters (lactones) is 1. The molecule has 3 aliphatic heterocycles. The SMILES string of the molecule is CCN[C@@H]1C[C@H]2C=CC[C@@H]3CCCC[C@H](C)Cc4cccc5c4C(=O)[C@]4(O[C@@]4(C/C(CO)=C(\C)CCC4=CCNC(NCNC)=C4)C5=O)C(=O)OC[C@H]1C[C@H]32. The number of rotatable bonds is 11. The van der Waals surface area contributed by atoms with Crippen LogP contribution in [-0.2, 0) is 20.7 Å². The third-order valence-corrected chi connectivity index (χ3v) is 13.6. The quantitative estimate of drug-likeness (QED) is 0.0630. The van der Waals surface area contributed by atoms with Crippen LogP contribution in [0.25, 0.3) is 0 Å². The highest BCUT2D eigenvalue weighted by molar-refractivity contribution is 6.33. The van der Waals surface area contributed by atoms with E-state index in [9.17, 15) is 19.5 Å². The Morgan fingerprint density at radius 1 is 1.09 bits per heavy atom. The molecule has 1 spiro atoms. The van der Waals surface area contributed by atoms with Gasteiger partial charge in [-0.2, -0.15) is 0 Å². The number of hydrogen-bond acceptors (Lipinski definition) is 10. The maximum absolute atomic E-state index is 15.0. The maximum Gasteiger partial charge on any atom is 0.350 e. The third-order valence-electron chi connectivity index (χ3n) is 13.6. The maximum atomic E-state index is 15.0. The number of aliphatic hydroxyl groups excluding tert-OH is 1. The van der Waals surface area contributed by atoms with Crippen LogP contribution in [0.1, 0.15) is 111 Å². The molecule has 298 valence electrons. The van der Waals surface area contributed by atoms with Crippen LogP contribution in [0.3, 0.4) is 0 Å². The number of esters is 1. The molecule has 0 unspecified atom stereocenters. The molecule has 4 bridgehead atoms. The standard InChI is InChI=1S/C45H62N4O6/c1-5-47-38-23-32-13-8-12-31-11-7-6-10-28(2)20-33-14-9-15-36-40(33)42(52)45(43(53)54-26-34(38)22-37(31)32)44(55-45,41(36)51)24-35(25-50)29(3)16-17-30-18-19-48-39(21-30)49-27-46-4/h8-9,13-15,18,21,28,31-32,34,37-38,46-50H,5-7,10-12,16-17,19-20,22-27H2,1-4H3/b35-29-/t28-,31-,32+,34+,37+,38+,44-,45-/m0/s1. The van der Waals surface area contributed by atoms with Crippen LogP contribution in [0.4, 0.5) is 0 Å². The van der Waals surface area contributed by atoms with Crippen LogP contribution in [0.5, 0.6) is 0 Å². The average Bonchev–Trinajstić information content (AvgIpc) is 3.89. The number of epoxide rings is 1. The van der Waals surface area contributed by atoms with Gasteiger partial charge in [0, 0.05) is 36.1 Å². The van der Waals surface area contributed by atoms with Gasteiger partial charge < -0.3 is 35.8 Å². The first-order chi connectivity index (χ1) is 26.6. The Morgan fingerprint density at radius 3 is 2.73 bits per heavy atom. The van der Waals surface area contributed by atoms with Crippen molar-refractivity contribution in [2.45, 2.75) is 109 Å². The van der Waals surface area contributed by atoms with Crippen LogP contribution >= 0.6 is 0 Å². The van der Waals surface area contributed by atoms with E-state index in [0.29, 0.717) is 66.4 Å². The molecule has 55 heavy (non-hydrogen) atoms. The lowest BCUT2D eigenvalue weighted by molar-refractivity contribution is -0.150. The van der Waals surface area contributed by atoms with Crippen LogP contribution in [-0.4, -0.2) is 79.9 Å². The van der Waals surface area contributed by atoms with Crippen LogP contribution < -0.4 is 21.3 Å². The monoisotopic (exact) mass is 754 g/mol. The van der Waals surface area contributed by atoms with Gasteiger partial charge in [-0.25, -0.2) is 4.79 Å². The van der Waals surface area contributed by atoms with E-state index in [0.717, 1.165) is 67.6 Å². The molecule has 0 amide bonds. The summed E-state index contributed by atoms with van der Waals surface area (Å²) in [6.45, 7) is 8.29. The zero-order valence-corrected chi connectivity index (χ0v) is 33.3. The second kappa shape index (κ2) is 16.9. The Bertz CT molecular complexity index is 1760. The summed E-state index contributed by atoms with van der Waals surface area (Å²) in [5.74, 6) is 1.34. The first-order valence-corrected chi connectivity index (χ1v) is 21.0. The third kappa shape index (κ3) is 7.64. The minimum absolute atomic E-state index is 0.0539. The minimum atomic E-state index is -2.08. The molecule has 1 aromatic carbocycles. The molecule has 1 saturated heterocycles. The summed E-state index contributed by atoms with van der Waals surface area (Å²) in [4.78, 5) is 44.4. The van der Waals surface area contributed by atoms with Gasteiger partial charge >= 0.3 is 5.97 Å². The molecule has 5 N–H and O–H groups in total. The number of Topliss-reactive ketones (excluding diaryl/α,β-unsaturated/α-hetero) is 2. The van der Waals surface area contributed by atoms with Gasteiger partial charge in [0.15, 0.2) is 11.4 Å². The van der Waals surface area contributed by atoms with E-state index in [-0.39, 0.29) is 37.4 Å². The van der Waals surface area contributed by atoms with Crippen molar-refractivity contribution in [3.05, 3.63) is 81.7 Å². The molecule has 10 heteroatoms. The van der Waals surface area contributed by atoms with Gasteiger partial charge in [-0.15, -0.1) is 0 Å². The number of hydrogen-bond donors (Lipinski definition) is 5. The van der Waals surface area contributed by atoms with Crippen LogP contribution in [0.15, 0.2) is 65.0 Å². The summed E-state index contributed by atoms with van der Waals surface area (Å²) in [5.41, 5.74) is 0.213. The number of aliphatic hydroxyl groups is 1. The van der Waals surface area contributed by atoms with Crippen molar-refractivity contribution in [2.75, 3.05) is 40.0 Å². The number of fused-ring (bicyclic) bond motifs is 1. The number of carbonyl (C=O) groups excluding carboxylic acids is 3. The number of allylic oxidation sites excluding steroid dienone is 5. The van der Waals surface area contributed by atoms with Crippen molar-refractivity contribution >= 4 is 17.5 Å². The zero-order chi connectivity index (χ0) is 38.7. The Kier molecular flexibility index (Phi) is 12.2. The van der Waals surface area contributed by atoms with E-state index in [1.165, 1.54) is 12.8 Å². The largest absolute Gasteiger partial charge is 0.463 e. The molecular formula is C45H62N4O6. The lowest BCUT2D eigenvalue weighted by Crippen LogP contribution is -2.52. The first kappa shape index (κ1) is 39.7. The Hall–Kier alpha value is -3.57. The molecule has 0 aromatic heterocycles. The van der Waals surface area contributed by atoms with E-state index in [1.807, 2.05) is 26.1 Å². The molecule has 0 radical (unpaired) electrons. The average molecular weight is 755 g/mol. The summed E-state index contributed by atoms with van der Waals surface area (Å²) in [7, 11) is 1.88. The number of carbonyl (C=O) groups is 3. The van der Waals surface area contributed by atoms with E-state index in [2.05, 4.69) is 59.4 Å². The summed E-state index contributed by atoms with van der Waals surface area (Å²) in [5, 5.41) is 24.2. The highest BCUT2D eigenvalue weighted by Gasteiger charge is 2.85. The lowest BCUT2D eigenvalue weighted by atomic mass is 9.63. The molecule has 10 nitrogen and oxygen atoms in total. The van der Waals surface area contributed by atoms with E-state index in [4.69, 9.17) is 9.47 Å². The molecule has 1 aromatic rings. The predicted octanol–water partition coefficient (Wildman–Crippen LogP) is 5.68. The summed E-state index contributed by atoms with van der Waals surface area (Å²) < 4.78 is 12.6. The van der Waals surface area contributed by atoms with Gasteiger partial charge in [-0.05, 0) is 112 Å². The van der Waals surface area contributed by atoms with E-state index < -0.39 is 23.0 Å². The minimum Gasteiger partial charge on any atom is -0.463 e. The molecule has 3 heterocycles. The summed E-state index contributed by atoms with van der Waals surface area (Å²) in [6.07, 6.45) is 18.5. The van der Waals surface area contributed by atoms with Gasteiger partial charge in [0.25, 0.3) is 5.60 Å². The summed E-state index contributed by atoms with van der Waals surface area (Å²) in [6, 6.07) is 5.65. The van der Waals surface area contributed by atoms with Crippen LogP contribution in [0.2, 0.25) is 0 Å². The molecule has 1 saturated carbocycles. The number of ether oxygens (including phenoxy) is 2. The van der Waals surface area contributed by atoms with Gasteiger partial charge in [-0.1, -0.05) is 75.1 Å². The van der Waals surface area contributed by atoms with Crippen molar-refractivity contribution in [2.24, 2.45) is 29.6 Å². The number of ketones is 2. The fourth-order valence-corrected chi connectivity index (χ4v) is 10.4. The molecule has 3 aliphatic carbocycles. The number of dihydropyridines is 1. The van der Waals surface area contributed by atoms with Crippen molar-refractivity contribution < 1.29 is 29.0 Å².